The lowest BCUT2D eigenvalue weighted by atomic mass is 10.0. The summed E-state index contributed by atoms with van der Waals surface area (Å²) in [6, 6.07) is 8.03. The molecule has 1 fully saturated rings. The fourth-order valence-corrected chi connectivity index (χ4v) is 2.76. The van der Waals surface area contributed by atoms with Crippen molar-refractivity contribution in [3.63, 3.8) is 0 Å². The molecule has 0 spiro atoms. The third-order valence-corrected chi connectivity index (χ3v) is 4.02. The highest BCUT2D eigenvalue weighted by molar-refractivity contribution is 9.10. The average molecular weight is 311 g/mol. The van der Waals surface area contributed by atoms with E-state index in [0.717, 1.165) is 23.0 Å². The first-order valence-corrected chi connectivity index (χ1v) is 7.16. The number of hydrogen-bond acceptors (Lipinski definition) is 2. The molecule has 1 aromatic carbocycles. The van der Waals surface area contributed by atoms with Crippen molar-refractivity contribution in [3.05, 3.63) is 34.3 Å². The second-order valence-corrected chi connectivity index (χ2v) is 5.90. The molecule has 0 radical (unpaired) electrons. The zero-order valence-corrected chi connectivity index (χ0v) is 12.3. The molecule has 98 valence electrons. The van der Waals surface area contributed by atoms with Gasteiger partial charge in [0.2, 0.25) is 5.91 Å². The quantitative estimate of drug-likeness (QED) is 0.901. The van der Waals surface area contributed by atoms with Gasteiger partial charge in [0.15, 0.2) is 0 Å². The molecule has 3 nitrogen and oxygen atoms in total. The molecular weight excluding hydrogens is 292 g/mol. The highest BCUT2D eigenvalue weighted by Gasteiger charge is 2.29. The van der Waals surface area contributed by atoms with Crippen LogP contribution in [0.1, 0.15) is 31.9 Å². The first-order chi connectivity index (χ1) is 8.58. The summed E-state index contributed by atoms with van der Waals surface area (Å²) in [7, 11) is 0. The molecule has 1 heterocycles. The highest BCUT2D eigenvalue weighted by Crippen LogP contribution is 2.19. The molecule has 1 aliphatic rings. The fraction of sp³-hybridized carbons (Fsp3) is 0.500. The van der Waals surface area contributed by atoms with Gasteiger partial charge in [0, 0.05) is 4.47 Å². The number of halogens is 1. The Hall–Kier alpha value is -0.870. The van der Waals surface area contributed by atoms with Crippen LogP contribution in [0.5, 0.6) is 0 Å². The van der Waals surface area contributed by atoms with E-state index >= 15 is 0 Å². The zero-order valence-electron chi connectivity index (χ0n) is 10.7. The number of carbonyl (C=O) groups excluding carboxylic acids is 1. The standard InChI is InChI=1S/C14H19BrN2O/c1-9-6-7-16-13(9)14(18)17-10(2)11-4-3-5-12(15)8-11/h3-5,8-10,13,16H,6-7H2,1-2H3,(H,17,18)/t9?,10-,13?/m1/s1. The molecule has 4 heteroatoms. The molecule has 0 saturated carbocycles. The minimum absolute atomic E-state index is 0.0320. The Morgan fingerprint density at radius 3 is 2.94 bits per heavy atom. The van der Waals surface area contributed by atoms with E-state index in [0.29, 0.717) is 5.92 Å². The smallest absolute Gasteiger partial charge is 0.237 e. The van der Waals surface area contributed by atoms with Crippen LogP contribution in [0.15, 0.2) is 28.7 Å². The second kappa shape index (κ2) is 5.85. The minimum atomic E-state index is -0.0420. The number of benzene rings is 1. The Balaban J connectivity index is 1.98. The number of amides is 1. The minimum Gasteiger partial charge on any atom is -0.348 e. The molecule has 2 N–H and O–H groups in total. The third-order valence-electron chi connectivity index (χ3n) is 3.52. The van der Waals surface area contributed by atoms with Crippen LogP contribution in [-0.4, -0.2) is 18.5 Å². The number of carbonyl (C=O) groups is 1. The van der Waals surface area contributed by atoms with E-state index in [-0.39, 0.29) is 18.0 Å². The molecule has 18 heavy (non-hydrogen) atoms. The van der Waals surface area contributed by atoms with Gasteiger partial charge in [-0.3, -0.25) is 4.79 Å². The summed E-state index contributed by atoms with van der Waals surface area (Å²) in [5.74, 6) is 0.521. The van der Waals surface area contributed by atoms with Crippen LogP contribution in [0.3, 0.4) is 0 Å². The maximum absolute atomic E-state index is 12.1. The first kappa shape index (κ1) is 13.6. The summed E-state index contributed by atoms with van der Waals surface area (Å²) in [5, 5.41) is 6.33. The van der Waals surface area contributed by atoms with E-state index in [1.165, 1.54) is 0 Å². The lowest BCUT2D eigenvalue weighted by Gasteiger charge is -2.20. The van der Waals surface area contributed by atoms with Crippen molar-refractivity contribution in [1.29, 1.82) is 0 Å². The molecule has 0 aliphatic carbocycles. The molecule has 0 aromatic heterocycles. The number of rotatable bonds is 3. The summed E-state index contributed by atoms with van der Waals surface area (Å²) < 4.78 is 1.04. The summed E-state index contributed by atoms with van der Waals surface area (Å²) in [4.78, 5) is 12.1. The van der Waals surface area contributed by atoms with Gasteiger partial charge < -0.3 is 10.6 Å². The topological polar surface area (TPSA) is 41.1 Å². The number of nitrogens with one attached hydrogen (secondary N) is 2. The SMILES string of the molecule is CC1CCNC1C(=O)N[C@H](C)c1cccc(Br)c1. The van der Waals surface area contributed by atoms with E-state index < -0.39 is 0 Å². The van der Waals surface area contributed by atoms with E-state index in [9.17, 15) is 4.79 Å². The second-order valence-electron chi connectivity index (χ2n) is 4.98. The lowest BCUT2D eigenvalue weighted by Crippen LogP contribution is -2.44. The normalized spacial score (nSPS) is 24.8. The lowest BCUT2D eigenvalue weighted by molar-refractivity contribution is -0.124. The van der Waals surface area contributed by atoms with Crippen LogP contribution < -0.4 is 10.6 Å². The summed E-state index contributed by atoms with van der Waals surface area (Å²) in [6.07, 6.45) is 1.07. The van der Waals surface area contributed by atoms with Crippen molar-refractivity contribution in [2.75, 3.05) is 6.54 Å². The van der Waals surface area contributed by atoms with Crippen LogP contribution in [0.2, 0.25) is 0 Å². The molecule has 1 amide bonds. The summed E-state index contributed by atoms with van der Waals surface area (Å²) in [6.45, 7) is 5.07. The van der Waals surface area contributed by atoms with E-state index in [2.05, 4.69) is 33.5 Å². The Morgan fingerprint density at radius 1 is 1.56 bits per heavy atom. The van der Waals surface area contributed by atoms with Gasteiger partial charge in [-0.05, 0) is 43.5 Å². The van der Waals surface area contributed by atoms with Gasteiger partial charge in [0.1, 0.15) is 0 Å². The van der Waals surface area contributed by atoms with Gasteiger partial charge in [0.05, 0.1) is 12.1 Å². The molecular formula is C14H19BrN2O. The monoisotopic (exact) mass is 310 g/mol. The van der Waals surface area contributed by atoms with Gasteiger partial charge in [-0.25, -0.2) is 0 Å². The van der Waals surface area contributed by atoms with Crippen LogP contribution >= 0.6 is 15.9 Å². The third kappa shape index (κ3) is 3.12. The van der Waals surface area contributed by atoms with Gasteiger partial charge >= 0.3 is 0 Å². The highest BCUT2D eigenvalue weighted by atomic mass is 79.9. The average Bonchev–Trinajstić information content (AvgIpc) is 2.75. The van der Waals surface area contributed by atoms with Crippen molar-refractivity contribution in [2.45, 2.75) is 32.4 Å². The largest absolute Gasteiger partial charge is 0.348 e. The molecule has 1 saturated heterocycles. The van der Waals surface area contributed by atoms with Crippen molar-refractivity contribution in [3.8, 4) is 0 Å². The van der Waals surface area contributed by atoms with E-state index in [4.69, 9.17) is 0 Å². The van der Waals surface area contributed by atoms with E-state index in [1.54, 1.807) is 0 Å². The molecule has 1 aliphatic heterocycles. The Bertz CT molecular complexity index is 436. The Kier molecular flexibility index (Phi) is 4.40. The molecule has 3 atom stereocenters. The van der Waals surface area contributed by atoms with Gasteiger partial charge in [-0.15, -0.1) is 0 Å². The molecule has 2 unspecified atom stereocenters. The van der Waals surface area contributed by atoms with Crippen LogP contribution in [0.4, 0.5) is 0 Å². The molecule has 0 bridgehead atoms. The van der Waals surface area contributed by atoms with Crippen molar-refractivity contribution in [2.24, 2.45) is 5.92 Å². The van der Waals surface area contributed by atoms with E-state index in [1.807, 2.05) is 31.2 Å². The maximum Gasteiger partial charge on any atom is 0.237 e. The maximum atomic E-state index is 12.1. The van der Waals surface area contributed by atoms with Crippen molar-refractivity contribution in [1.82, 2.24) is 10.6 Å². The summed E-state index contributed by atoms with van der Waals surface area (Å²) >= 11 is 3.45. The van der Waals surface area contributed by atoms with Crippen LogP contribution in [-0.2, 0) is 4.79 Å². The van der Waals surface area contributed by atoms with Gasteiger partial charge in [0.25, 0.3) is 0 Å². The fourth-order valence-electron chi connectivity index (χ4n) is 2.35. The van der Waals surface area contributed by atoms with Crippen molar-refractivity contribution < 1.29 is 4.79 Å². The molecule has 1 aromatic rings. The van der Waals surface area contributed by atoms with Gasteiger partial charge in [-0.1, -0.05) is 35.0 Å². The molecule has 2 rings (SSSR count). The Labute approximate surface area is 116 Å². The van der Waals surface area contributed by atoms with Crippen LogP contribution in [0.25, 0.3) is 0 Å². The first-order valence-electron chi connectivity index (χ1n) is 6.37. The Morgan fingerprint density at radius 2 is 2.33 bits per heavy atom. The van der Waals surface area contributed by atoms with Gasteiger partial charge in [-0.2, -0.15) is 0 Å². The number of hydrogen-bond donors (Lipinski definition) is 2. The van der Waals surface area contributed by atoms with Crippen molar-refractivity contribution >= 4 is 21.8 Å². The predicted octanol–water partition coefficient (Wildman–Crippen LogP) is 2.62. The summed E-state index contributed by atoms with van der Waals surface area (Å²) in [5.41, 5.74) is 1.11. The zero-order chi connectivity index (χ0) is 13.1. The van der Waals surface area contributed by atoms with Crippen LogP contribution in [0, 0.1) is 5.92 Å². The predicted molar refractivity (Wildman–Crippen MR) is 76.3 cm³/mol.